The van der Waals surface area contributed by atoms with Crippen LogP contribution in [-0.4, -0.2) is 29.3 Å². The number of nitrogens with one attached hydrogen (secondary N) is 2. The van der Waals surface area contributed by atoms with Gasteiger partial charge in [0, 0.05) is 17.9 Å². The fourth-order valence-electron chi connectivity index (χ4n) is 2.55. The number of pyridine rings is 1. The summed E-state index contributed by atoms with van der Waals surface area (Å²) >= 11 is 0. The number of methoxy groups -OCH3 is 1. The summed E-state index contributed by atoms with van der Waals surface area (Å²) < 4.78 is 9.69. The molecule has 3 aromatic rings. The number of benzene rings is 1. The first-order chi connectivity index (χ1) is 12.5. The maximum absolute atomic E-state index is 12.6. The number of rotatable bonds is 4. The van der Waals surface area contributed by atoms with Crippen molar-refractivity contribution in [2.24, 2.45) is 0 Å². The highest BCUT2D eigenvalue weighted by Crippen LogP contribution is 2.22. The predicted molar refractivity (Wildman–Crippen MR) is 94.9 cm³/mol. The predicted octanol–water partition coefficient (Wildman–Crippen LogP) is 2.95. The lowest BCUT2D eigenvalue weighted by atomic mass is 10.1. The van der Waals surface area contributed by atoms with Gasteiger partial charge >= 0.3 is 6.09 Å². The lowest BCUT2D eigenvalue weighted by Crippen LogP contribution is -2.23. The van der Waals surface area contributed by atoms with Crippen LogP contribution >= 0.6 is 0 Å². The third-order valence-electron chi connectivity index (χ3n) is 3.83. The quantitative estimate of drug-likeness (QED) is 0.746. The van der Waals surface area contributed by atoms with Gasteiger partial charge in [-0.2, -0.15) is 0 Å². The monoisotopic (exact) mass is 354 g/mol. The van der Waals surface area contributed by atoms with Crippen molar-refractivity contribution in [1.82, 2.24) is 15.5 Å². The van der Waals surface area contributed by atoms with E-state index in [9.17, 15) is 9.59 Å². The number of carbonyl (C=O) groups excluding carboxylic acids is 2. The van der Waals surface area contributed by atoms with Crippen LogP contribution in [0.1, 0.15) is 27.3 Å². The molecule has 0 radical (unpaired) electrons. The van der Waals surface area contributed by atoms with Gasteiger partial charge in [-0.25, -0.2) is 9.78 Å². The Morgan fingerprint density at radius 3 is 2.62 bits per heavy atom. The van der Waals surface area contributed by atoms with Crippen molar-refractivity contribution in [3.05, 3.63) is 52.8 Å². The first-order valence-electron chi connectivity index (χ1n) is 7.93. The van der Waals surface area contributed by atoms with Crippen molar-refractivity contribution in [3.63, 3.8) is 0 Å². The number of hydrogen-bond acceptors (Lipinski definition) is 6. The van der Waals surface area contributed by atoms with E-state index >= 15 is 0 Å². The number of hydrogen-bond donors (Lipinski definition) is 2. The molecule has 0 spiro atoms. The largest absolute Gasteiger partial charge is 0.453 e. The summed E-state index contributed by atoms with van der Waals surface area (Å²) in [7, 11) is 1.30. The third kappa shape index (κ3) is 3.64. The fraction of sp³-hybridized carbons (Fsp3) is 0.222. The molecule has 0 saturated carbocycles. The Labute approximate surface area is 149 Å². The molecule has 2 amide bonds. The average molecular weight is 354 g/mol. The number of amides is 2. The first kappa shape index (κ1) is 17.4. The van der Waals surface area contributed by atoms with Crippen molar-refractivity contribution in [2.75, 3.05) is 12.4 Å². The van der Waals surface area contributed by atoms with Crippen molar-refractivity contribution < 1.29 is 18.8 Å². The summed E-state index contributed by atoms with van der Waals surface area (Å²) in [6.07, 6.45) is -0.535. The molecule has 0 bridgehead atoms. The number of ether oxygens (including phenoxy) is 1. The van der Waals surface area contributed by atoms with Crippen LogP contribution in [0.5, 0.6) is 0 Å². The molecule has 0 aliphatic heterocycles. The van der Waals surface area contributed by atoms with Crippen LogP contribution in [0.15, 0.2) is 34.9 Å². The highest BCUT2D eigenvalue weighted by Gasteiger charge is 2.17. The smallest absolute Gasteiger partial charge is 0.411 e. The SMILES string of the molecule is COC(=O)Nc1ccc(CNC(=O)c2cc(C)nc3onc(C)c23)cc1. The molecule has 0 aliphatic carbocycles. The van der Waals surface area contributed by atoms with Crippen molar-refractivity contribution in [2.45, 2.75) is 20.4 Å². The van der Waals surface area contributed by atoms with Gasteiger partial charge in [0.1, 0.15) is 0 Å². The van der Waals surface area contributed by atoms with E-state index in [-0.39, 0.29) is 5.91 Å². The molecular formula is C18H18N4O4. The second-order valence-electron chi connectivity index (χ2n) is 5.76. The maximum Gasteiger partial charge on any atom is 0.411 e. The molecule has 8 nitrogen and oxygen atoms in total. The summed E-state index contributed by atoms with van der Waals surface area (Å²) in [6.45, 7) is 3.90. The molecule has 2 N–H and O–H groups in total. The number of carbonyl (C=O) groups is 2. The number of aromatic nitrogens is 2. The minimum absolute atomic E-state index is 0.233. The van der Waals surface area contributed by atoms with Crippen LogP contribution < -0.4 is 10.6 Å². The number of nitrogens with zero attached hydrogens (tertiary/aromatic N) is 2. The molecule has 26 heavy (non-hydrogen) atoms. The second kappa shape index (κ2) is 7.22. The molecular weight excluding hydrogens is 336 g/mol. The van der Waals surface area contributed by atoms with Gasteiger partial charge in [0.2, 0.25) is 0 Å². The van der Waals surface area contributed by atoms with Gasteiger partial charge in [0.15, 0.2) is 0 Å². The zero-order valence-electron chi connectivity index (χ0n) is 14.6. The summed E-state index contributed by atoms with van der Waals surface area (Å²) in [6, 6.07) is 8.80. The van der Waals surface area contributed by atoms with Crippen molar-refractivity contribution in [1.29, 1.82) is 0 Å². The molecule has 0 aliphatic rings. The van der Waals surface area contributed by atoms with Crippen molar-refractivity contribution >= 4 is 28.8 Å². The molecule has 1 aromatic carbocycles. The fourth-order valence-corrected chi connectivity index (χ4v) is 2.55. The van der Waals surface area contributed by atoms with E-state index in [2.05, 4.69) is 25.5 Å². The number of anilines is 1. The summed E-state index contributed by atoms with van der Waals surface area (Å²) in [5, 5.41) is 9.93. The van der Waals surface area contributed by atoms with Crippen LogP contribution in [0.4, 0.5) is 10.5 Å². The topological polar surface area (TPSA) is 106 Å². The van der Waals surface area contributed by atoms with Gasteiger partial charge < -0.3 is 14.6 Å². The molecule has 0 atom stereocenters. The molecule has 0 unspecified atom stereocenters. The average Bonchev–Trinajstić information content (AvgIpc) is 3.00. The zero-order valence-corrected chi connectivity index (χ0v) is 14.6. The van der Waals surface area contributed by atoms with Gasteiger partial charge in [-0.15, -0.1) is 0 Å². The van der Waals surface area contributed by atoms with Crippen LogP contribution in [0.3, 0.4) is 0 Å². The Hall–Kier alpha value is -3.42. The highest BCUT2D eigenvalue weighted by molar-refractivity contribution is 6.06. The van der Waals surface area contributed by atoms with E-state index in [1.54, 1.807) is 32.0 Å². The molecule has 0 fully saturated rings. The molecule has 134 valence electrons. The summed E-state index contributed by atoms with van der Waals surface area (Å²) in [4.78, 5) is 28.0. The van der Waals surface area contributed by atoms with Gasteiger partial charge in [0.25, 0.3) is 11.6 Å². The van der Waals surface area contributed by atoms with E-state index in [4.69, 9.17) is 4.52 Å². The Morgan fingerprint density at radius 1 is 1.19 bits per heavy atom. The normalized spacial score (nSPS) is 10.6. The standard InChI is InChI=1S/C18H18N4O4/c1-10-8-14(15-11(2)22-26-17(15)20-10)16(23)19-9-12-4-6-13(7-5-12)21-18(24)25-3/h4-8H,9H2,1-3H3,(H,19,23)(H,21,24). The molecule has 8 heteroatoms. The Bertz CT molecular complexity index is 963. The van der Waals surface area contributed by atoms with Crippen molar-refractivity contribution in [3.8, 4) is 0 Å². The Morgan fingerprint density at radius 2 is 1.92 bits per heavy atom. The highest BCUT2D eigenvalue weighted by atomic mass is 16.5. The second-order valence-corrected chi connectivity index (χ2v) is 5.76. The van der Waals surface area contributed by atoms with Crippen LogP contribution in [-0.2, 0) is 11.3 Å². The van der Waals surface area contributed by atoms with Gasteiger partial charge in [-0.05, 0) is 37.6 Å². The number of fused-ring (bicyclic) bond motifs is 1. The van der Waals surface area contributed by atoms with E-state index < -0.39 is 6.09 Å². The minimum Gasteiger partial charge on any atom is -0.453 e. The zero-order chi connectivity index (χ0) is 18.7. The Balaban J connectivity index is 1.71. The number of aryl methyl sites for hydroxylation is 2. The van der Waals surface area contributed by atoms with Crippen LogP contribution in [0.2, 0.25) is 0 Å². The van der Waals surface area contributed by atoms with Crippen LogP contribution in [0.25, 0.3) is 11.1 Å². The molecule has 2 aromatic heterocycles. The van der Waals surface area contributed by atoms with E-state index in [0.29, 0.717) is 40.3 Å². The van der Waals surface area contributed by atoms with Crippen LogP contribution in [0, 0.1) is 13.8 Å². The van der Waals surface area contributed by atoms with Gasteiger partial charge in [-0.1, -0.05) is 17.3 Å². The molecule has 2 heterocycles. The van der Waals surface area contributed by atoms with E-state index in [1.165, 1.54) is 7.11 Å². The lowest BCUT2D eigenvalue weighted by Gasteiger charge is -2.08. The minimum atomic E-state index is -0.535. The van der Waals surface area contributed by atoms with E-state index in [0.717, 1.165) is 5.56 Å². The summed E-state index contributed by atoms with van der Waals surface area (Å²) in [5.74, 6) is -0.233. The third-order valence-corrected chi connectivity index (χ3v) is 3.83. The maximum atomic E-state index is 12.6. The molecule has 3 rings (SSSR count). The van der Waals surface area contributed by atoms with E-state index in [1.807, 2.05) is 12.1 Å². The molecule has 0 saturated heterocycles. The first-order valence-corrected chi connectivity index (χ1v) is 7.93. The van der Waals surface area contributed by atoms with Gasteiger partial charge in [0.05, 0.1) is 23.8 Å². The van der Waals surface area contributed by atoms with Gasteiger partial charge in [-0.3, -0.25) is 10.1 Å². The lowest BCUT2D eigenvalue weighted by molar-refractivity contribution is 0.0952. The Kier molecular flexibility index (Phi) is 4.83. The summed E-state index contributed by atoms with van der Waals surface area (Å²) in [5.41, 5.74) is 3.63.